The Labute approximate surface area is 92.1 Å². The van der Waals surface area contributed by atoms with Crippen LogP contribution in [-0.2, 0) is 0 Å². The van der Waals surface area contributed by atoms with Crippen LogP contribution in [0.3, 0.4) is 0 Å². The van der Waals surface area contributed by atoms with Gasteiger partial charge in [-0.05, 0) is 38.0 Å². The highest BCUT2D eigenvalue weighted by molar-refractivity contribution is 5.50. The van der Waals surface area contributed by atoms with Crippen LogP contribution in [0.15, 0.2) is 43.0 Å². The summed E-state index contributed by atoms with van der Waals surface area (Å²) in [5, 5.41) is 0. The van der Waals surface area contributed by atoms with Crippen molar-refractivity contribution in [1.82, 2.24) is 0 Å². The third-order valence-electron chi connectivity index (χ3n) is 1.86. The van der Waals surface area contributed by atoms with Gasteiger partial charge in [-0.1, -0.05) is 30.4 Å². The summed E-state index contributed by atoms with van der Waals surface area (Å²) >= 11 is 0. The maximum Gasteiger partial charge on any atom is 0.119 e. The lowest BCUT2D eigenvalue weighted by Crippen LogP contribution is -2.05. The number of allylic oxidation sites excluding steroid dienone is 2. The molecule has 1 aromatic rings. The van der Waals surface area contributed by atoms with E-state index in [0.717, 1.165) is 12.2 Å². The van der Waals surface area contributed by atoms with E-state index >= 15 is 0 Å². The fraction of sp³-hybridized carbons (Fsp3) is 0.286. The van der Waals surface area contributed by atoms with E-state index in [4.69, 9.17) is 4.74 Å². The molecule has 1 aromatic carbocycles. The molecule has 0 N–H and O–H groups in total. The lowest BCUT2D eigenvalue weighted by atomic mass is 10.2. The molecule has 0 aliphatic carbocycles. The lowest BCUT2D eigenvalue weighted by molar-refractivity contribution is 0.242. The van der Waals surface area contributed by atoms with Gasteiger partial charge in [0.1, 0.15) is 5.75 Å². The summed E-state index contributed by atoms with van der Waals surface area (Å²) in [6.07, 6.45) is 7.19. The molecule has 1 heteroatoms. The largest absolute Gasteiger partial charge is 0.491 e. The van der Waals surface area contributed by atoms with Crippen molar-refractivity contribution in [3.8, 4) is 5.75 Å². The van der Waals surface area contributed by atoms with E-state index < -0.39 is 0 Å². The van der Waals surface area contributed by atoms with Crippen molar-refractivity contribution in [3.63, 3.8) is 0 Å². The van der Waals surface area contributed by atoms with Crippen LogP contribution in [0.5, 0.6) is 5.75 Å². The van der Waals surface area contributed by atoms with Crippen molar-refractivity contribution in [2.24, 2.45) is 0 Å². The number of hydrogen-bond acceptors (Lipinski definition) is 1. The molecule has 0 saturated heterocycles. The molecule has 0 radical (unpaired) electrons. The molecule has 0 aliphatic rings. The van der Waals surface area contributed by atoms with E-state index in [1.165, 1.54) is 5.56 Å². The third kappa shape index (κ3) is 4.50. The van der Waals surface area contributed by atoms with E-state index in [1.807, 2.05) is 32.1 Å². The summed E-state index contributed by atoms with van der Waals surface area (Å²) in [7, 11) is 0. The Balaban J connectivity index is 2.59. The van der Waals surface area contributed by atoms with E-state index in [-0.39, 0.29) is 6.10 Å². The fourth-order valence-electron chi connectivity index (χ4n) is 1.23. The maximum atomic E-state index is 5.55. The minimum absolute atomic E-state index is 0.229. The molecule has 0 amide bonds. The summed E-state index contributed by atoms with van der Waals surface area (Å²) in [5.41, 5.74) is 1.19. The second-order valence-electron chi connectivity index (χ2n) is 3.66. The van der Waals surface area contributed by atoms with Gasteiger partial charge < -0.3 is 4.74 Å². The Morgan fingerprint density at radius 3 is 2.47 bits per heavy atom. The highest BCUT2D eigenvalue weighted by Crippen LogP contribution is 2.14. The molecule has 1 rings (SSSR count). The second-order valence-corrected chi connectivity index (χ2v) is 3.66. The zero-order valence-electron chi connectivity index (χ0n) is 9.44. The number of ether oxygens (including phenoxy) is 1. The van der Waals surface area contributed by atoms with Crippen LogP contribution in [-0.4, -0.2) is 6.10 Å². The summed E-state index contributed by atoms with van der Waals surface area (Å²) < 4.78 is 5.55. The van der Waals surface area contributed by atoms with Gasteiger partial charge in [0.2, 0.25) is 0 Å². The van der Waals surface area contributed by atoms with Gasteiger partial charge in [-0.15, -0.1) is 6.58 Å². The SMILES string of the molecule is C=CC/C=C/c1ccc(OC(C)C)cc1. The standard InChI is InChI=1S/C14H18O/c1-4-5-6-7-13-8-10-14(11-9-13)15-12(2)3/h4,6-12H,1,5H2,2-3H3/b7-6+. The molecule has 1 nitrogen and oxygen atoms in total. The first-order valence-corrected chi connectivity index (χ1v) is 5.26. The van der Waals surface area contributed by atoms with Crippen LogP contribution in [0.4, 0.5) is 0 Å². The minimum Gasteiger partial charge on any atom is -0.491 e. The number of rotatable bonds is 5. The average molecular weight is 202 g/mol. The monoisotopic (exact) mass is 202 g/mol. The molecule has 80 valence electrons. The molecule has 0 atom stereocenters. The molecule has 0 fully saturated rings. The van der Waals surface area contributed by atoms with Crippen molar-refractivity contribution in [1.29, 1.82) is 0 Å². The van der Waals surface area contributed by atoms with E-state index in [1.54, 1.807) is 0 Å². The molecule has 15 heavy (non-hydrogen) atoms. The van der Waals surface area contributed by atoms with Crippen molar-refractivity contribution >= 4 is 6.08 Å². The first kappa shape index (κ1) is 11.6. The van der Waals surface area contributed by atoms with Gasteiger partial charge in [0, 0.05) is 0 Å². The molecule has 0 unspecified atom stereocenters. The van der Waals surface area contributed by atoms with Crippen molar-refractivity contribution in [3.05, 3.63) is 48.6 Å². The van der Waals surface area contributed by atoms with Crippen LogP contribution in [0.2, 0.25) is 0 Å². The van der Waals surface area contributed by atoms with E-state index in [2.05, 4.69) is 30.9 Å². The first-order chi connectivity index (χ1) is 7.22. The van der Waals surface area contributed by atoms with E-state index in [9.17, 15) is 0 Å². The molecule has 0 aromatic heterocycles. The Morgan fingerprint density at radius 1 is 1.27 bits per heavy atom. The van der Waals surface area contributed by atoms with Crippen LogP contribution < -0.4 is 4.74 Å². The van der Waals surface area contributed by atoms with Gasteiger partial charge in [-0.3, -0.25) is 0 Å². The van der Waals surface area contributed by atoms with Crippen LogP contribution in [0.25, 0.3) is 6.08 Å². The predicted octanol–water partition coefficient (Wildman–Crippen LogP) is 4.06. The summed E-state index contributed by atoms with van der Waals surface area (Å²) in [5.74, 6) is 0.922. The van der Waals surface area contributed by atoms with Crippen LogP contribution in [0, 0.1) is 0 Å². The molecule has 0 spiro atoms. The van der Waals surface area contributed by atoms with Gasteiger partial charge >= 0.3 is 0 Å². The molecule has 0 aliphatic heterocycles. The Hall–Kier alpha value is -1.50. The van der Waals surface area contributed by atoms with Gasteiger partial charge in [0.05, 0.1) is 6.10 Å². The zero-order chi connectivity index (χ0) is 11.1. The van der Waals surface area contributed by atoms with Gasteiger partial charge in [-0.25, -0.2) is 0 Å². The fourth-order valence-corrected chi connectivity index (χ4v) is 1.23. The van der Waals surface area contributed by atoms with Gasteiger partial charge in [0.15, 0.2) is 0 Å². The Kier molecular flexibility index (Phi) is 4.69. The quantitative estimate of drug-likeness (QED) is 0.654. The molecule has 0 bridgehead atoms. The summed E-state index contributed by atoms with van der Waals surface area (Å²) in [6, 6.07) is 8.09. The van der Waals surface area contributed by atoms with Crippen LogP contribution in [0.1, 0.15) is 25.8 Å². The Bertz CT molecular complexity index is 320. The average Bonchev–Trinajstić information content (AvgIpc) is 2.20. The smallest absolute Gasteiger partial charge is 0.119 e. The van der Waals surface area contributed by atoms with Crippen molar-refractivity contribution < 1.29 is 4.74 Å². The molecule has 0 heterocycles. The second kappa shape index (κ2) is 6.07. The highest BCUT2D eigenvalue weighted by Gasteiger charge is 1.95. The number of hydrogen-bond donors (Lipinski definition) is 0. The van der Waals surface area contributed by atoms with Crippen molar-refractivity contribution in [2.45, 2.75) is 26.4 Å². The Morgan fingerprint density at radius 2 is 1.93 bits per heavy atom. The molecule has 0 saturated carbocycles. The summed E-state index contributed by atoms with van der Waals surface area (Å²) in [6.45, 7) is 7.72. The topological polar surface area (TPSA) is 9.23 Å². The highest BCUT2D eigenvalue weighted by atomic mass is 16.5. The predicted molar refractivity (Wildman–Crippen MR) is 66.1 cm³/mol. The third-order valence-corrected chi connectivity index (χ3v) is 1.86. The molecular formula is C14H18O. The maximum absolute atomic E-state index is 5.55. The first-order valence-electron chi connectivity index (χ1n) is 5.26. The zero-order valence-corrected chi connectivity index (χ0v) is 9.44. The van der Waals surface area contributed by atoms with E-state index in [0.29, 0.717) is 0 Å². The minimum atomic E-state index is 0.229. The van der Waals surface area contributed by atoms with Gasteiger partial charge in [0.25, 0.3) is 0 Å². The lowest BCUT2D eigenvalue weighted by Gasteiger charge is -2.09. The van der Waals surface area contributed by atoms with Crippen molar-refractivity contribution in [2.75, 3.05) is 0 Å². The van der Waals surface area contributed by atoms with Crippen LogP contribution >= 0.6 is 0 Å². The molecular weight excluding hydrogens is 184 g/mol. The number of benzene rings is 1. The van der Waals surface area contributed by atoms with Gasteiger partial charge in [-0.2, -0.15) is 0 Å². The summed E-state index contributed by atoms with van der Waals surface area (Å²) in [4.78, 5) is 0. The normalized spacial score (nSPS) is 10.9.